The van der Waals surface area contributed by atoms with Crippen molar-refractivity contribution < 1.29 is 9.32 Å². The van der Waals surface area contributed by atoms with Crippen LogP contribution in [0.2, 0.25) is 0 Å². The van der Waals surface area contributed by atoms with Gasteiger partial charge in [-0.2, -0.15) is 0 Å². The maximum Gasteiger partial charge on any atom is 0.254 e. The summed E-state index contributed by atoms with van der Waals surface area (Å²) in [6.45, 7) is 9.55. The van der Waals surface area contributed by atoms with Crippen LogP contribution in [-0.4, -0.2) is 66.0 Å². The lowest BCUT2D eigenvalue weighted by atomic mass is 10.0. The predicted molar refractivity (Wildman–Crippen MR) is 111 cm³/mol. The summed E-state index contributed by atoms with van der Waals surface area (Å²) in [5, 5.41) is 6.16. The van der Waals surface area contributed by atoms with Gasteiger partial charge in [0.25, 0.3) is 5.91 Å². The molecule has 1 fully saturated rings. The van der Waals surface area contributed by atoms with Crippen molar-refractivity contribution >= 4 is 17.2 Å². The Morgan fingerprint density at radius 3 is 2.89 bits per heavy atom. The Labute approximate surface area is 171 Å². The minimum Gasteiger partial charge on any atom is -0.361 e. The number of amides is 1. The van der Waals surface area contributed by atoms with Gasteiger partial charge in [-0.15, -0.1) is 11.3 Å². The topological polar surface area (TPSA) is 52.8 Å². The van der Waals surface area contributed by atoms with Crippen molar-refractivity contribution in [3.8, 4) is 0 Å². The first-order chi connectivity index (χ1) is 13.4. The van der Waals surface area contributed by atoms with Crippen LogP contribution in [0.3, 0.4) is 0 Å². The van der Waals surface area contributed by atoms with E-state index in [0.29, 0.717) is 5.92 Å². The third kappa shape index (κ3) is 3.88. The van der Waals surface area contributed by atoms with E-state index in [-0.39, 0.29) is 5.91 Å². The molecule has 1 saturated heterocycles. The van der Waals surface area contributed by atoms with Crippen LogP contribution in [0.25, 0.3) is 0 Å². The molecule has 152 valence electrons. The Morgan fingerprint density at radius 1 is 1.36 bits per heavy atom. The Balaban J connectivity index is 1.42. The molecule has 4 rings (SSSR count). The Kier molecular flexibility index (Phi) is 5.58. The third-order valence-electron chi connectivity index (χ3n) is 6.02. The van der Waals surface area contributed by atoms with Crippen LogP contribution >= 0.6 is 11.3 Å². The van der Waals surface area contributed by atoms with E-state index in [4.69, 9.17) is 4.52 Å². The molecule has 2 aliphatic heterocycles. The average molecular weight is 403 g/mol. The number of nitrogens with zero attached hydrogens (tertiary/aromatic N) is 4. The molecule has 0 saturated carbocycles. The van der Waals surface area contributed by atoms with Crippen LogP contribution in [-0.2, 0) is 19.5 Å². The average Bonchev–Trinajstić information content (AvgIpc) is 3.36. The summed E-state index contributed by atoms with van der Waals surface area (Å²) in [6, 6.07) is 0. The number of carbonyl (C=O) groups is 1. The number of fused-ring (bicyclic) bond motifs is 1. The Hall–Kier alpha value is -1.70. The second-order valence-electron chi connectivity index (χ2n) is 8.48. The number of thiophene rings is 1. The zero-order chi connectivity index (χ0) is 19.8. The van der Waals surface area contributed by atoms with E-state index < -0.39 is 0 Å². The van der Waals surface area contributed by atoms with Crippen molar-refractivity contribution in [3.63, 3.8) is 0 Å². The zero-order valence-electron chi connectivity index (χ0n) is 17.3. The maximum absolute atomic E-state index is 13.1. The van der Waals surface area contributed by atoms with E-state index in [1.54, 1.807) is 11.3 Å². The third-order valence-corrected chi connectivity index (χ3v) is 7.03. The molecule has 0 radical (unpaired) electrons. The van der Waals surface area contributed by atoms with E-state index in [0.717, 1.165) is 69.1 Å². The predicted octanol–water partition coefficient (Wildman–Crippen LogP) is 2.93. The normalized spacial score (nSPS) is 20.2. The SMILES string of the molecule is Cc1noc(C)c1CN1CCc2c(C(=O)N3CCC(CN(C)C)C3)csc2C1. The van der Waals surface area contributed by atoms with Gasteiger partial charge < -0.3 is 14.3 Å². The quantitative estimate of drug-likeness (QED) is 0.770. The number of aryl methyl sites for hydroxylation is 2. The molecule has 0 N–H and O–H groups in total. The van der Waals surface area contributed by atoms with Crippen LogP contribution in [0.4, 0.5) is 0 Å². The Morgan fingerprint density at radius 2 is 2.18 bits per heavy atom. The zero-order valence-corrected chi connectivity index (χ0v) is 18.1. The van der Waals surface area contributed by atoms with Crippen molar-refractivity contribution in [1.82, 2.24) is 19.9 Å². The molecule has 0 spiro atoms. The van der Waals surface area contributed by atoms with Crippen LogP contribution in [0.15, 0.2) is 9.90 Å². The standard InChI is InChI=1S/C21H30N4O2S/c1-14-18(15(2)27-22-14)11-24-7-6-17-19(13-28-20(17)12-24)21(26)25-8-5-16(10-25)9-23(3)4/h13,16H,5-12H2,1-4H3. The van der Waals surface area contributed by atoms with Gasteiger partial charge in [-0.3, -0.25) is 9.69 Å². The molecular formula is C21H30N4O2S. The highest BCUT2D eigenvalue weighted by Crippen LogP contribution is 2.32. The summed E-state index contributed by atoms with van der Waals surface area (Å²) in [6.07, 6.45) is 2.06. The number of rotatable bonds is 5. The lowest BCUT2D eigenvalue weighted by molar-refractivity contribution is 0.0783. The van der Waals surface area contributed by atoms with Gasteiger partial charge in [-0.25, -0.2) is 0 Å². The smallest absolute Gasteiger partial charge is 0.254 e. The second-order valence-corrected chi connectivity index (χ2v) is 9.45. The van der Waals surface area contributed by atoms with E-state index in [1.807, 2.05) is 13.8 Å². The number of hydrogen-bond donors (Lipinski definition) is 0. The monoisotopic (exact) mass is 402 g/mol. The highest BCUT2D eigenvalue weighted by atomic mass is 32.1. The first kappa shape index (κ1) is 19.6. The molecule has 2 aromatic heterocycles. The summed E-state index contributed by atoms with van der Waals surface area (Å²) in [5.41, 5.74) is 4.40. The van der Waals surface area contributed by atoms with E-state index in [2.05, 4.69) is 39.3 Å². The molecule has 0 aromatic carbocycles. The van der Waals surface area contributed by atoms with Gasteiger partial charge in [-0.1, -0.05) is 5.16 Å². The molecule has 1 atom stereocenters. The summed E-state index contributed by atoms with van der Waals surface area (Å²) in [4.78, 5) is 21.2. The van der Waals surface area contributed by atoms with Gasteiger partial charge in [0.2, 0.25) is 0 Å². The Bertz CT molecular complexity index is 837. The van der Waals surface area contributed by atoms with Crippen LogP contribution in [0.1, 0.15) is 44.2 Å². The minimum absolute atomic E-state index is 0.234. The minimum atomic E-state index is 0.234. The lowest BCUT2D eigenvalue weighted by Crippen LogP contribution is -2.33. The molecule has 1 amide bonds. The fourth-order valence-electron chi connectivity index (χ4n) is 4.50. The largest absolute Gasteiger partial charge is 0.361 e. The van der Waals surface area contributed by atoms with Gasteiger partial charge in [0.1, 0.15) is 5.76 Å². The van der Waals surface area contributed by atoms with Gasteiger partial charge in [0.05, 0.1) is 11.3 Å². The summed E-state index contributed by atoms with van der Waals surface area (Å²) in [5.74, 6) is 1.74. The number of hydrogen-bond acceptors (Lipinski definition) is 6. The molecule has 28 heavy (non-hydrogen) atoms. The lowest BCUT2D eigenvalue weighted by Gasteiger charge is -2.27. The van der Waals surface area contributed by atoms with Crippen molar-refractivity contribution in [1.29, 1.82) is 0 Å². The molecule has 4 heterocycles. The molecule has 7 heteroatoms. The molecule has 0 aliphatic carbocycles. The summed E-state index contributed by atoms with van der Waals surface area (Å²) < 4.78 is 5.30. The molecule has 2 aromatic rings. The van der Waals surface area contributed by atoms with E-state index >= 15 is 0 Å². The van der Waals surface area contributed by atoms with Gasteiger partial charge >= 0.3 is 0 Å². The number of carbonyl (C=O) groups excluding carboxylic acids is 1. The molecule has 6 nitrogen and oxygen atoms in total. The highest BCUT2D eigenvalue weighted by molar-refractivity contribution is 7.10. The van der Waals surface area contributed by atoms with Crippen LogP contribution < -0.4 is 0 Å². The summed E-state index contributed by atoms with van der Waals surface area (Å²) >= 11 is 1.74. The first-order valence-corrected chi connectivity index (χ1v) is 11.0. The molecule has 0 bridgehead atoms. The van der Waals surface area contributed by atoms with Crippen molar-refractivity contribution in [2.24, 2.45) is 5.92 Å². The fraction of sp³-hybridized carbons (Fsp3) is 0.619. The van der Waals surface area contributed by atoms with Crippen LogP contribution in [0, 0.1) is 19.8 Å². The first-order valence-electron chi connectivity index (χ1n) is 10.1. The van der Waals surface area contributed by atoms with Crippen molar-refractivity contribution in [3.05, 3.63) is 38.4 Å². The van der Waals surface area contributed by atoms with Crippen LogP contribution in [0.5, 0.6) is 0 Å². The number of likely N-dealkylation sites (tertiary alicyclic amines) is 1. The van der Waals surface area contributed by atoms with E-state index in [9.17, 15) is 4.79 Å². The van der Waals surface area contributed by atoms with Gasteiger partial charge in [0.15, 0.2) is 0 Å². The fourth-order valence-corrected chi connectivity index (χ4v) is 5.61. The summed E-state index contributed by atoms with van der Waals surface area (Å²) in [7, 11) is 4.21. The molecular weight excluding hydrogens is 372 g/mol. The van der Waals surface area contributed by atoms with Crippen molar-refractivity contribution in [2.75, 3.05) is 40.3 Å². The van der Waals surface area contributed by atoms with Crippen molar-refractivity contribution in [2.45, 2.75) is 39.8 Å². The highest BCUT2D eigenvalue weighted by Gasteiger charge is 2.31. The molecule has 2 aliphatic rings. The van der Waals surface area contributed by atoms with Gasteiger partial charge in [-0.05, 0) is 52.3 Å². The second kappa shape index (κ2) is 7.97. The number of aromatic nitrogens is 1. The maximum atomic E-state index is 13.1. The van der Waals surface area contributed by atoms with Gasteiger partial charge in [0, 0.05) is 55.1 Å². The molecule has 1 unspecified atom stereocenters. The van der Waals surface area contributed by atoms with E-state index in [1.165, 1.54) is 16.0 Å².